The molecule has 8 heteroatoms. The number of aryl methyl sites for hydroxylation is 2. The molecule has 0 aromatic carbocycles. The molecule has 2 rings (SSSR count). The van der Waals surface area contributed by atoms with Crippen LogP contribution in [0.1, 0.15) is 30.9 Å². The third-order valence-electron chi connectivity index (χ3n) is 3.98. The number of amides is 1. The molecule has 1 amide bonds. The molecule has 1 saturated heterocycles. The summed E-state index contributed by atoms with van der Waals surface area (Å²) in [6.07, 6.45) is -0.233. The van der Waals surface area contributed by atoms with E-state index in [1.807, 2.05) is 26.8 Å². The maximum Gasteiger partial charge on any atom is 0.409 e. The summed E-state index contributed by atoms with van der Waals surface area (Å²) in [7, 11) is 0. The molecule has 1 aliphatic rings. The van der Waals surface area contributed by atoms with Crippen LogP contribution in [0.4, 0.5) is 4.79 Å². The number of aliphatic imine (C=N–C) groups is 1. The molecular formula is C17H29IN4O3. The smallest absolute Gasteiger partial charge is 0.409 e. The van der Waals surface area contributed by atoms with E-state index >= 15 is 0 Å². The zero-order valence-corrected chi connectivity index (χ0v) is 17.8. The lowest BCUT2D eigenvalue weighted by molar-refractivity contribution is 0.0914. The summed E-state index contributed by atoms with van der Waals surface area (Å²) >= 11 is 0. The lowest BCUT2D eigenvalue weighted by Crippen LogP contribution is -2.53. The fraction of sp³-hybridized carbons (Fsp3) is 0.647. The Morgan fingerprint density at radius 1 is 1.24 bits per heavy atom. The summed E-state index contributed by atoms with van der Waals surface area (Å²) in [5, 5.41) is 3.33. The first kappa shape index (κ1) is 21.6. The zero-order valence-electron chi connectivity index (χ0n) is 15.5. The van der Waals surface area contributed by atoms with Crippen LogP contribution in [0.25, 0.3) is 0 Å². The van der Waals surface area contributed by atoms with Crippen LogP contribution in [0.15, 0.2) is 15.5 Å². The summed E-state index contributed by atoms with van der Waals surface area (Å²) in [4.78, 5) is 20.4. The molecule has 0 spiro atoms. The molecule has 0 radical (unpaired) electrons. The first-order valence-electron chi connectivity index (χ1n) is 8.56. The molecule has 1 aliphatic heterocycles. The number of ether oxygens (including phenoxy) is 1. The van der Waals surface area contributed by atoms with Gasteiger partial charge in [-0.2, -0.15) is 0 Å². The van der Waals surface area contributed by atoms with Crippen molar-refractivity contribution in [3.63, 3.8) is 0 Å². The molecule has 0 atom stereocenters. The van der Waals surface area contributed by atoms with Crippen LogP contribution in [-0.2, 0) is 11.3 Å². The van der Waals surface area contributed by atoms with Gasteiger partial charge in [0.15, 0.2) is 5.96 Å². The number of nitrogens with zero attached hydrogens (tertiary/aromatic N) is 3. The van der Waals surface area contributed by atoms with Crippen molar-refractivity contribution in [2.75, 3.05) is 39.3 Å². The molecule has 0 saturated carbocycles. The maximum absolute atomic E-state index is 11.8. The lowest BCUT2D eigenvalue weighted by atomic mass is 10.2. The summed E-state index contributed by atoms with van der Waals surface area (Å²) in [5.41, 5.74) is 1.10. The van der Waals surface area contributed by atoms with E-state index in [1.165, 1.54) is 0 Å². The van der Waals surface area contributed by atoms with Gasteiger partial charge in [-0.25, -0.2) is 9.79 Å². The number of hydrogen-bond donors (Lipinski definition) is 1. The molecule has 0 unspecified atom stereocenters. The first-order chi connectivity index (χ1) is 11.5. The SMILES string of the molecule is CCNC(=NCc1cc(C)oc1C)N1CCN(C(=O)OCC)CC1.I. The van der Waals surface area contributed by atoms with E-state index in [4.69, 9.17) is 14.1 Å². The van der Waals surface area contributed by atoms with E-state index in [0.717, 1.165) is 42.7 Å². The zero-order chi connectivity index (χ0) is 17.5. The number of guanidine groups is 1. The number of hydrogen-bond acceptors (Lipinski definition) is 4. The Hall–Kier alpha value is -1.45. The highest BCUT2D eigenvalue weighted by molar-refractivity contribution is 14.0. The van der Waals surface area contributed by atoms with Crippen LogP contribution in [0, 0.1) is 13.8 Å². The van der Waals surface area contributed by atoms with Crippen LogP contribution in [0.2, 0.25) is 0 Å². The molecule has 142 valence electrons. The lowest BCUT2D eigenvalue weighted by Gasteiger charge is -2.35. The van der Waals surface area contributed by atoms with Gasteiger partial charge in [0.25, 0.3) is 0 Å². The van der Waals surface area contributed by atoms with E-state index in [-0.39, 0.29) is 30.1 Å². The predicted octanol–water partition coefficient (Wildman–Crippen LogP) is 2.75. The first-order valence-corrected chi connectivity index (χ1v) is 8.56. The fourth-order valence-electron chi connectivity index (χ4n) is 2.74. The Kier molecular flexibility index (Phi) is 9.09. The fourth-order valence-corrected chi connectivity index (χ4v) is 2.74. The van der Waals surface area contributed by atoms with Crippen molar-refractivity contribution in [1.82, 2.24) is 15.1 Å². The standard InChI is InChI=1S/C17H28N4O3.HI/c1-5-18-16(19-12-15-11-13(3)24-14(15)4)20-7-9-21(10-8-20)17(22)23-6-2;/h11H,5-10,12H2,1-4H3,(H,18,19);1H. The molecule has 0 bridgehead atoms. The van der Waals surface area contributed by atoms with Crippen LogP contribution in [-0.4, -0.2) is 61.2 Å². The minimum Gasteiger partial charge on any atom is -0.466 e. The Bertz CT molecular complexity index is 580. The Labute approximate surface area is 166 Å². The molecule has 0 aliphatic carbocycles. The summed E-state index contributed by atoms with van der Waals surface area (Å²) in [6.45, 7) is 12.4. The maximum atomic E-state index is 11.8. The summed E-state index contributed by atoms with van der Waals surface area (Å²) in [5.74, 6) is 2.70. The summed E-state index contributed by atoms with van der Waals surface area (Å²) in [6, 6.07) is 2.03. The normalized spacial score (nSPS) is 15.0. The van der Waals surface area contributed by atoms with Crippen molar-refractivity contribution in [3.05, 3.63) is 23.2 Å². The third kappa shape index (κ3) is 6.09. The Balaban J connectivity index is 0.00000312. The Morgan fingerprint density at radius 2 is 1.88 bits per heavy atom. The van der Waals surface area contributed by atoms with E-state index < -0.39 is 0 Å². The number of halogens is 1. The highest BCUT2D eigenvalue weighted by Gasteiger charge is 2.23. The third-order valence-corrected chi connectivity index (χ3v) is 3.98. The molecule has 1 aromatic rings. The van der Waals surface area contributed by atoms with Gasteiger partial charge in [0.1, 0.15) is 11.5 Å². The van der Waals surface area contributed by atoms with Crippen molar-refractivity contribution in [1.29, 1.82) is 0 Å². The van der Waals surface area contributed by atoms with Gasteiger partial charge in [-0.05, 0) is 33.8 Å². The minimum atomic E-state index is -0.233. The molecule has 2 heterocycles. The van der Waals surface area contributed by atoms with Crippen molar-refractivity contribution >= 4 is 36.0 Å². The second-order valence-corrected chi connectivity index (χ2v) is 5.78. The minimum absolute atomic E-state index is 0. The molecule has 7 nitrogen and oxygen atoms in total. The molecule has 1 fully saturated rings. The number of carbonyl (C=O) groups is 1. The molecule has 1 aromatic heterocycles. The van der Waals surface area contributed by atoms with Crippen LogP contribution in [0.5, 0.6) is 0 Å². The van der Waals surface area contributed by atoms with Crippen molar-refractivity contribution in [3.8, 4) is 0 Å². The average molecular weight is 464 g/mol. The highest BCUT2D eigenvalue weighted by atomic mass is 127. The number of rotatable bonds is 4. The van der Waals surface area contributed by atoms with E-state index in [9.17, 15) is 4.79 Å². The van der Waals surface area contributed by atoms with Crippen molar-refractivity contribution in [2.45, 2.75) is 34.2 Å². The van der Waals surface area contributed by atoms with Gasteiger partial charge >= 0.3 is 6.09 Å². The molecular weight excluding hydrogens is 435 g/mol. The van der Waals surface area contributed by atoms with Crippen LogP contribution < -0.4 is 5.32 Å². The summed E-state index contributed by atoms with van der Waals surface area (Å²) < 4.78 is 10.6. The average Bonchev–Trinajstić information content (AvgIpc) is 2.89. The topological polar surface area (TPSA) is 70.3 Å². The van der Waals surface area contributed by atoms with Gasteiger partial charge in [0.2, 0.25) is 0 Å². The van der Waals surface area contributed by atoms with Gasteiger partial charge in [-0.3, -0.25) is 0 Å². The van der Waals surface area contributed by atoms with E-state index in [0.29, 0.717) is 26.2 Å². The van der Waals surface area contributed by atoms with Gasteiger partial charge in [-0.15, -0.1) is 24.0 Å². The largest absolute Gasteiger partial charge is 0.466 e. The van der Waals surface area contributed by atoms with Gasteiger partial charge < -0.3 is 24.3 Å². The number of piperazine rings is 1. The van der Waals surface area contributed by atoms with Crippen LogP contribution >= 0.6 is 24.0 Å². The van der Waals surface area contributed by atoms with Gasteiger partial charge in [0.05, 0.1) is 13.2 Å². The highest BCUT2D eigenvalue weighted by Crippen LogP contribution is 2.15. The molecule has 1 N–H and O–H groups in total. The second-order valence-electron chi connectivity index (χ2n) is 5.78. The predicted molar refractivity (Wildman–Crippen MR) is 109 cm³/mol. The van der Waals surface area contributed by atoms with E-state index in [1.54, 1.807) is 4.90 Å². The monoisotopic (exact) mass is 464 g/mol. The number of nitrogens with one attached hydrogen (secondary N) is 1. The van der Waals surface area contributed by atoms with Gasteiger partial charge in [0, 0.05) is 38.3 Å². The van der Waals surface area contributed by atoms with Crippen molar-refractivity contribution in [2.24, 2.45) is 4.99 Å². The van der Waals surface area contributed by atoms with Gasteiger partial charge in [-0.1, -0.05) is 0 Å². The van der Waals surface area contributed by atoms with Crippen LogP contribution in [0.3, 0.4) is 0 Å². The Morgan fingerprint density at radius 3 is 2.40 bits per heavy atom. The molecule has 25 heavy (non-hydrogen) atoms. The second kappa shape index (κ2) is 10.5. The number of furan rings is 1. The van der Waals surface area contributed by atoms with E-state index in [2.05, 4.69) is 17.1 Å². The van der Waals surface area contributed by atoms with Crippen molar-refractivity contribution < 1.29 is 13.9 Å². The quantitative estimate of drug-likeness (QED) is 0.422. The number of carbonyl (C=O) groups excluding carboxylic acids is 1.